The van der Waals surface area contributed by atoms with Crippen LogP contribution in [0.3, 0.4) is 0 Å². The molecule has 0 unspecified atom stereocenters. The molecule has 0 aliphatic carbocycles. The maximum Gasteiger partial charge on any atom is 0.193 e. The first-order valence-corrected chi connectivity index (χ1v) is 6.82. The van der Waals surface area contributed by atoms with Gasteiger partial charge in [0.2, 0.25) is 0 Å². The lowest BCUT2D eigenvalue weighted by Gasteiger charge is -2.12. The molecule has 0 aliphatic heterocycles. The van der Waals surface area contributed by atoms with Crippen molar-refractivity contribution in [3.8, 4) is 11.5 Å². The van der Waals surface area contributed by atoms with Crippen molar-refractivity contribution in [3.63, 3.8) is 0 Å². The van der Waals surface area contributed by atoms with Crippen molar-refractivity contribution in [3.05, 3.63) is 58.1 Å². The predicted octanol–water partition coefficient (Wildman–Crippen LogP) is 3.86. The standard InChI is InChI=1S/C18H20O3/c1-11-8-12(2)17(13(3)9-11)18(19)14-6-7-15(20-4)16(10-14)21-5/h6-10H,1-5H3. The van der Waals surface area contributed by atoms with E-state index in [0.29, 0.717) is 17.1 Å². The zero-order chi connectivity index (χ0) is 15.6. The summed E-state index contributed by atoms with van der Waals surface area (Å²) >= 11 is 0. The summed E-state index contributed by atoms with van der Waals surface area (Å²) in [7, 11) is 3.14. The van der Waals surface area contributed by atoms with Gasteiger partial charge in [-0.1, -0.05) is 17.7 Å². The van der Waals surface area contributed by atoms with Gasteiger partial charge in [-0.3, -0.25) is 4.79 Å². The summed E-state index contributed by atoms with van der Waals surface area (Å²) in [6.45, 7) is 5.96. The van der Waals surface area contributed by atoms with Gasteiger partial charge in [-0.25, -0.2) is 0 Å². The SMILES string of the molecule is COc1ccc(C(=O)c2c(C)cc(C)cc2C)cc1OC. The number of rotatable bonds is 4. The van der Waals surface area contributed by atoms with E-state index in [9.17, 15) is 4.79 Å². The van der Waals surface area contributed by atoms with E-state index in [1.165, 1.54) is 0 Å². The van der Waals surface area contributed by atoms with Crippen molar-refractivity contribution >= 4 is 5.78 Å². The Labute approximate surface area is 125 Å². The van der Waals surface area contributed by atoms with Crippen molar-refractivity contribution in [2.75, 3.05) is 14.2 Å². The lowest BCUT2D eigenvalue weighted by atomic mass is 9.93. The van der Waals surface area contributed by atoms with Gasteiger partial charge in [-0.05, 0) is 50.1 Å². The van der Waals surface area contributed by atoms with Crippen LogP contribution in [0.2, 0.25) is 0 Å². The molecule has 2 aromatic carbocycles. The summed E-state index contributed by atoms with van der Waals surface area (Å²) in [5, 5.41) is 0. The zero-order valence-corrected chi connectivity index (χ0v) is 13.1. The minimum absolute atomic E-state index is 0.00551. The fraction of sp³-hybridized carbons (Fsp3) is 0.278. The number of hydrogen-bond donors (Lipinski definition) is 0. The number of benzene rings is 2. The van der Waals surface area contributed by atoms with Crippen molar-refractivity contribution in [1.29, 1.82) is 0 Å². The van der Waals surface area contributed by atoms with Crippen LogP contribution in [0.15, 0.2) is 30.3 Å². The van der Waals surface area contributed by atoms with Crippen LogP contribution in [0.5, 0.6) is 11.5 Å². The van der Waals surface area contributed by atoms with Crippen molar-refractivity contribution in [1.82, 2.24) is 0 Å². The molecule has 0 aromatic heterocycles. The zero-order valence-electron chi connectivity index (χ0n) is 13.1. The first-order chi connectivity index (χ1) is 9.97. The molecule has 0 amide bonds. The van der Waals surface area contributed by atoms with E-state index in [1.54, 1.807) is 32.4 Å². The van der Waals surface area contributed by atoms with Gasteiger partial charge in [0.1, 0.15) is 0 Å². The van der Waals surface area contributed by atoms with Gasteiger partial charge >= 0.3 is 0 Å². The number of carbonyl (C=O) groups excluding carboxylic acids is 1. The van der Waals surface area contributed by atoms with E-state index in [2.05, 4.69) is 0 Å². The Kier molecular flexibility index (Phi) is 4.32. The minimum Gasteiger partial charge on any atom is -0.493 e. The van der Waals surface area contributed by atoms with Crippen molar-refractivity contribution in [2.24, 2.45) is 0 Å². The third kappa shape index (κ3) is 2.92. The Morgan fingerprint density at radius 3 is 1.95 bits per heavy atom. The molecule has 0 saturated carbocycles. The van der Waals surface area contributed by atoms with E-state index in [1.807, 2.05) is 32.9 Å². The Bertz CT molecular complexity index is 664. The molecule has 21 heavy (non-hydrogen) atoms. The van der Waals surface area contributed by atoms with Crippen LogP contribution in [-0.2, 0) is 0 Å². The second-order valence-electron chi connectivity index (χ2n) is 5.17. The van der Waals surface area contributed by atoms with Crippen LogP contribution in [0.25, 0.3) is 0 Å². The molecular weight excluding hydrogens is 264 g/mol. The monoisotopic (exact) mass is 284 g/mol. The lowest BCUT2D eigenvalue weighted by molar-refractivity contribution is 0.103. The second kappa shape index (κ2) is 6.00. The Balaban J connectivity index is 2.50. The molecule has 0 N–H and O–H groups in total. The Morgan fingerprint density at radius 2 is 1.43 bits per heavy atom. The third-order valence-corrected chi connectivity index (χ3v) is 3.55. The molecule has 0 bridgehead atoms. The number of ketones is 1. The highest BCUT2D eigenvalue weighted by Crippen LogP contribution is 2.29. The molecular formula is C18H20O3. The van der Waals surface area contributed by atoms with Crippen LogP contribution < -0.4 is 9.47 Å². The van der Waals surface area contributed by atoms with Crippen molar-refractivity contribution in [2.45, 2.75) is 20.8 Å². The van der Waals surface area contributed by atoms with Gasteiger partial charge in [0.25, 0.3) is 0 Å². The van der Waals surface area contributed by atoms with Crippen LogP contribution in [0.4, 0.5) is 0 Å². The first-order valence-electron chi connectivity index (χ1n) is 6.82. The summed E-state index contributed by atoms with van der Waals surface area (Å²) in [5.74, 6) is 1.18. The Morgan fingerprint density at radius 1 is 0.857 bits per heavy atom. The van der Waals surface area contributed by atoms with E-state index >= 15 is 0 Å². The minimum atomic E-state index is 0.00551. The van der Waals surface area contributed by atoms with Crippen LogP contribution in [0.1, 0.15) is 32.6 Å². The average molecular weight is 284 g/mol. The summed E-state index contributed by atoms with van der Waals surface area (Å²) < 4.78 is 10.5. The maximum absolute atomic E-state index is 12.8. The normalized spacial score (nSPS) is 10.3. The second-order valence-corrected chi connectivity index (χ2v) is 5.17. The van der Waals surface area contributed by atoms with Gasteiger partial charge < -0.3 is 9.47 Å². The van der Waals surface area contributed by atoms with E-state index in [4.69, 9.17) is 9.47 Å². The first kappa shape index (κ1) is 15.1. The summed E-state index contributed by atoms with van der Waals surface area (Å²) in [4.78, 5) is 12.8. The highest BCUT2D eigenvalue weighted by molar-refractivity contribution is 6.11. The summed E-state index contributed by atoms with van der Waals surface area (Å²) in [6, 6.07) is 9.30. The molecule has 0 spiro atoms. The molecule has 0 atom stereocenters. The van der Waals surface area contributed by atoms with Gasteiger partial charge in [0.05, 0.1) is 14.2 Å². The number of aryl methyl sites for hydroxylation is 3. The average Bonchev–Trinajstić information content (AvgIpc) is 2.45. The maximum atomic E-state index is 12.8. The fourth-order valence-electron chi connectivity index (χ4n) is 2.66. The molecule has 0 heterocycles. The van der Waals surface area contributed by atoms with E-state index < -0.39 is 0 Å². The van der Waals surface area contributed by atoms with Gasteiger partial charge in [0, 0.05) is 11.1 Å². The third-order valence-electron chi connectivity index (χ3n) is 3.55. The topological polar surface area (TPSA) is 35.5 Å². The van der Waals surface area contributed by atoms with Gasteiger partial charge in [0.15, 0.2) is 17.3 Å². The molecule has 0 radical (unpaired) electrons. The number of methoxy groups -OCH3 is 2. The summed E-state index contributed by atoms with van der Waals surface area (Å²) in [5.41, 5.74) is 4.50. The number of carbonyl (C=O) groups is 1. The molecule has 0 aliphatic rings. The number of hydrogen-bond acceptors (Lipinski definition) is 3. The van der Waals surface area contributed by atoms with Crippen LogP contribution in [0, 0.1) is 20.8 Å². The smallest absolute Gasteiger partial charge is 0.193 e. The van der Waals surface area contributed by atoms with E-state index in [-0.39, 0.29) is 5.78 Å². The number of ether oxygens (including phenoxy) is 2. The molecule has 3 heteroatoms. The molecule has 0 fully saturated rings. The van der Waals surface area contributed by atoms with Crippen LogP contribution in [-0.4, -0.2) is 20.0 Å². The highest BCUT2D eigenvalue weighted by Gasteiger charge is 2.17. The van der Waals surface area contributed by atoms with Gasteiger partial charge in [-0.2, -0.15) is 0 Å². The molecule has 2 aromatic rings. The Hall–Kier alpha value is -2.29. The quantitative estimate of drug-likeness (QED) is 0.800. The summed E-state index contributed by atoms with van der Waals surface area (Å²) in [6.07, 6.45) is 0. The van der Waals surface area contributed by atoms with Crippen LogP contribution >= 0.6 is 0 Å². The highest BCUT2D eigenvalue weighted by atomic mass is 16.5. The van der Waals surface area contributed by atoms with Gasteiger partial charge in [-0.15, -0.1) is 0 Å². The van der Waals surface area contributed by atoms with Crippen molar-refractivity contribution < 1.29 is 14.3 Å². The predicted molar refractivity (Wildman–Crippen MR) is 83.6 cm³/mol. The largest absolute Gasteiger partial charge is 0.493 e. The molecule has 110 valence electrons. The fourth-order valence-corrected chi connectivity index (χ4v) is 2.66. The molecule has 0 saturated heterocycles. The lowest BCUT2D eigenvalue weighted by Crippen LogP contribution is -2.07. The van der Waals surface area contributed by atoms with E-state index in [0.717, 1.165) is 22.3 Å². The molecule has 3 nitrogen and oxygen atoms in total. The molecule has 2 rings (SSSR count).